The molecule has 7 heteroatoms. The summed E-state index contributed by atoms with van der Waals surface area (Å²) < 4.78 is 0. The van der Waals surface area contributed by atoms with Gasteiger partial charge in [0.25, 0.3) is 0 Å². The van der Waals surface area contributed by atoms with Crippen LogP contribution in [-0.4, -0.2) is 27.3 Å². The molecular weight excluding hydrogens is 356 g/mol. The number of rotatable bonds is 4. The van der Waals surface area contributed by atoms with Gasteiger partial charge in [-0.25, -0.2) is 4.98 Å². The molecule has 27 heavy (non-hydrogen) atoms. The van der Waals surface area contributed by atoms with Crippen LogP contribution in [-0.2, 0) is 0 Å². The number of hydrogen-bond acceptors (Lipinski definition) is 7. The van der Waals surface area contributed by atoms with Gasteiger partial charge < -0.3 is 11.1 Å². The third-order valence-corrected chi connectivity index (χ3v) is 5.43. The molecule has 6 nitrogen and oxygen atoms in total. The minimum absolute atomic E-state index is 0.111. The third kappa shape index (κ3) is 4.47. The fourth-order valence-corrected chi connectivity index (χ4v) is 3.58. The molecule has 0 radical (unpaired) electrons. The van der Waals surface area contributed by atoms with E-state index in [1.54, 1.807) is 0 Å². The first-order chi connectivity index (χ1) is 12.9. The highest BCUT2D eigenvalue weighted by Crippen LogP contribution is 2.39. The van der Waals surface area contributed by atoms with Crippen molar-refractivity contribution < 1.29 is 0 Å². The van der Waals surface area contributed by atoms with Crippen molar-refractivity contribution in [2.75, 3.05) is 17.6 Å². The lowest BCUT2D eigenvalue weighted by atomic mass is 9.87. The normalized spacial score (nSPS) is 16.9. The summed E-state index contributed by atoms with van der Waals surface area (Å²) in [4.78, 5) is 19.5. The van der Waals surface area contributed by atoms with E-state index in [2.05, 4.69) is 52.1 Å². The van der Waals surface area contributed by atoms with Gasteiger partial charge in [-0.15, -0.1) is 0 Å². The van der Waals surface area contributed by atoms with Gasteiger partial charge in [0.15, 0.2) is 5.16 Å². The van der Waals surface area contributed by atoms with Gasteiger partial charge in [-0.05, 0) is 59.9 Å². The summed E-state index contributed by atoms with van der Waals surface area (Å²) in [6.07, 6.45) is 4.38. The van der Waals surface area contributed by atoms with E-state index in [9.17, 15) is 0 Å². The van der Waals surface area contributed by atoms with Gasteiger partial charge in [-0.3, -0.25) is 4.99 Å². The predicted molar refractivity (Wildman–Crippen MR) is 110 cm³/mol. The van der Waals surface area contributed by atoms with Crippen LogP contribution in [0, 0.1) is 5.41 Å². The van der Waals surface area contributed by atoms with Crippen molar-refractivity contribution in [2.24, 2.45) is 10.4 Å². The van der Waals surface area contributed by atoms with Gasteiger partial charge in [0.2, 0.25) is 5.95 Å². The minimum Gasteiger partial charge on any atom is -0.399 e. The highest BCUT2D eigenvalue weighted by atomic mass is 32.2. The molecule has 3 N–H and O–H groups in total. The molecule has 1 saturated carbocycles. The van der Waals surface area contributed by atoms with E-state index < -0.39 is 0 Å². The predicted octanol–water partition coefficient (Wildman–Crippen LogP) is 4.28. The first-order valence-electron chi connectivity index (χ1n) is 9.19. The number of anilines is 2. The molecule has 1 aliphatic carbocycles. The fourth-order valence-electron chi connectivity index (χ4n) is 2.75. The zero-order valence-electron chi connectivity index (χ0n) is 15.9. The second-order valence-electron chi connectivity index (χ2n) is 7.99. The Morgan fingerprint density at radius 1 is 1.15 bits per heavy atom. The van der Waals surface area contributed by atoms with Gasteiger partial charge in [0, 0.05) is 16.5 Å². The minimum atomic E-state index is 0.111. The van der Waals surface area contributed by atoms with Crippen molar-refractivity contribution in [1.29, 1.82) is 0 Å². The van der Waals surface area contributed by atoms with Crippen LogP contribution in [0.25, 0.3) is 0 Å². The number of nitrogens with zero attached hydrogens (tertiary/aromatic N) is 4. The first-order valence-corrected chi connectivity index (χ1v) is 10.0. The molecule has 0 atom stereocenters. The smallest absolute Gasteiger partial charge is 0.232 e. The summed E-state index contributed by atoms with van der Waals surface area (Å²) in [5.41, 5.74) is 8.03. The van der Waals surface area contributed by atoms with E-state index >= 15 is 0 Å². The van der Waals surface area contributed by atoms with Crippen molar-refractivity contribution in [1.82, 2.24) is 15.0 Å². The average Bonchev–Trinajstić information content (AvgIpc) is 3.33. The Bertz CT molecular complexity index is 924. The number of nitrogen functional groups attached to an aromatic ring is 1. The Morgan fingerprint density at radius 2 is 1.96 bits per heavy atom. The Labute approximate surface area is 163 Å². The molecule has 0 unspecified atom stereocenters. The van der Waals surface area contributed by atoms with Crippen LogP contribution in [0.5, 0.6) is 0 Å². The second-order valence-corrected chi connectivity index (χ2v) is 9.04. The van der Waals surface area contributed by atoms with E-state index in [0.29, 0.717) is 17.0 Å². The number of amidine groups is 1. The number of aromatic nitrogens is 3. The number of aliphatic imine (C=N–C) groups is 1. The molecule has 4 rings (SSSR count). The lowest BCUT2D eigenvalue weighted by molar-refractivity contribution is 0.499. The van der Waals surface area contributed by atoms with E-state index in [1.165, 1.54) is 17.3 Å². The molecule has 1 fully saturated rings. The maximum atomic E-state index is 5.89. The lowest BCUT2D eigenvalue weighted by Gasteiger charge is -2.18. The second kappa shape index (κ2) is 6.96. The van der Waals surface area contributed by atoms with Crippen LogP contribution in [0.3, 0.4) is 0 Å². The van der Waals surface area contributed by atoms with E-state index in [0.717, 1.165) is 41.6 Å². The lowest BCUT2D eigenvalue weighted by Crippen LogP contribution is -2.13. The molecule has 2 heterocycles. The van der Waals surface area contributed by atoms with Gasteiger partial charge >= 0.3 is 0 Å². The fraction of sp³-hybridized carbons (Fsp3) is 0.400. The number of nitrogens with two attached hydrogens (primary N) is 1. The molecular formula is C20H24N6S. The molecule has 0 saturated heterocycles. The van der Waals surface area contributed by atoms with Crippen LogP contribution in [0.1, 0.15) is 45.4 Å². The van der Waals surface area contributed by atoms with Crippen molar-refractivity contribution in [3.8, 4) is 0 Å². The summed E-state index contributed by atoms with van der Waals surface area (Å²) >= 11 is 1.50. The third-order valence-electron chi connectivity index (χ3n) is 4.58. The summed E-state index contributed by atoms with van der Waals surface area (Å²) in [7, 11) is 0. The quantitative estimate of drug-likeness (QED) is 0.770. The SMILES string of the molecule is CC(C)(C)C1=CC(Nc2nc(Sc3cccc(N)c3)nc(C3CC3)n2)=NC1. The molecule has 2 aromatic rings. The highest BCUT2D eigenvalue weighted by Gasteiger charge is 2.28. The number of hydrogen-bond donors (Lipinski definition) is 2. The Kier molecular flexibility index (Phi) is 4.63. The largest absolute Gasteiger partial charge is 0.399 e. The Morgan fingerprint density at radius 3 is 2.63 bits per heavy atom. The Hall–Kier alpha value is -2.41. The summed E-state index contributed by atoms with van der Waals surface area (Å²) in [6, 6.07) is 7.75. The van der Waals surface area contributed by atoms with Crippen molar-refractivity contribution >= 4 is 29.2 Å². The average molecular weight is 381 g/mol. The van der Waals surface area contributed by atoms with Gasteiger partial charge in [0.1, 0.15) is 11.7 Å². The molecule has 1 aromatic carbocycles. The molecule has 0 spiro atoms. The van der Waals surface area contributed by atoms with Crippen molar-refractivity contribution in [3.05, 3.63) is 41.7 Å². The Balaban J connectivity index is 1.58. The summed E-state index contributed by atoms with van der Waals surface area (Å²) in [5.74, 6) is 2.67. The maximum Gasteiger partial charge on any atom is 0.232 e. The molecule has 0 amide bonds. The van der Waals surface area contributed by atoms with Crippen LogP contribution < -0.4 is 11.1 Å². The molecule has 1 aliphatic heterocycles. The van der Waals surface area contributed by atoms with Crippen LogP contribution in [0.2, 0.25) is 0 Å². The van der Waals surface area contributed by atoms with E-state index in [-0.39, 0.29) is 5.41 Å². The van der Waals surface area contributed by atoms with Gasteiger partial charge in [-0.2, -0.15) is 9.97 Å². The first kappa shape index (κ1) is 18.0. The van der Waals surface area contributed by atoms with Crippen LogP contribution >= 0.6 is 11.8 Å². The van der Waals surface area contributed by atoms with Crippen molar-refractivity contribution in [2.45, 2.75) is 49.6 Å². The highest BCUT2D eigenvalue weighted by molar-refractivity contribution is 7.99. The van der Waals surface area contributed by atoms with Gasteiger partial charge in [-0.1, -0.05) is 26.8 Å². The van der Waals surface area contributed by atoms with Crippen molar-refractivity contribution in [3.63, 3.8) is 0 Å². The molecule has 140 valence electrons. The monoisotopic (exact) mass is 380 g/mol. The number of nitrogens with one attached hydrogen (secondary N) is 1. The van der Waals surface area contributed by atoms with Gasteiger partial charge in [0.05, 0.1) is 6.54 Å². The topological polar surface area (TPSA) is 89.1 Å². The zero-order chi connectivity index (χ0) is 19.0. The summed E-state index contributed by atoms with van der Waals surface area (Å²) in [5, 5.41) is 3.96. The summed E-state index contributed by atoms with van der Waals surface area (Å²) in [6.45, 7) is 7.32. The molecule has 2 aliphatic rings. The molecule has 1 aromatic heterocycles. The van der Waals surface area contributed by atoms with Crippen LogP contribution in [0.4, 0.5) is 11.6 Å². The van der Waals surface area contributed by atoms with E-state index in [4.69, 9.17) is 5.73 Å². The zero-order valence-corrected chi connectivity index (χ0v) is 16.7. The number of benzene rings is 1. The maximum absolute atomic E-state index is 5.89. The molecule has 0 bridgehead atoms. The standard InChI is InChI=1S/C20H24N6S/c1-20(2,3)13-9-16(22-11-13)23-18-24-17(12-7-8-12)25-19(26-18)27-15-6-4-5-14(21)10-15/h4-6,9-10,12H,7-8,11,21H2,1-3H3,(H,22,23,24,25,26). The van der Waals surface area contributed by atoms with E-state index in [1.807, 2.05) is 24.3 Å². The van der Waals surface area contributed by atoms with Crippen LogP contribution in [0.15, 0.2) is 51.0 Å².